The number of rotatable bonds is 2. The Kier molecular flexibility index (Phi) is 4.22. The van der Waals surface area contributed by atoms with Gasteiger partial charge in [-0.3, -0.25) is 4.79 Å². The maximum Gasteiger partial charge on any atom is 0.237 e. The molecule has 0 unspecified atom stereocenters. The van der Waals surface area contributed by atoms with Crippen molar-refractivity contribution in [3.05, 3.63) is 0 Å². The van der Waals surface area contributed by atoms with Crippen molar-refractivity contribution in [3.63, 3.8) is 0 Å². The topological polar surface area (TPSA) is 41.1 Å². The lowest BCUT2D eigenvalue weighted by Crippen LogP contribution is -2.48. The number of nitrogens with one attached hydrogen (secondary N) is 2. The summed E-state index contributed by atoms with van der Waals surface area (Å²) in [7, 11) is 0. The average molecular weight is 224 g/mol. The highest BCUT2D eigenvalue weighted by Crippen LogP contribution is 2.24. The van der Waals surface area contributed by atoms with Gasteiger partial charge in [-0.25, -0.2) is 0 Å². The zero-order chi connectivity index (χ0) is 11.4. The van der Waals surface area contributed by atoms with Crippen molar-refractivity contribution in [2.24, 2.45) is 5.92 Å². The van der Waals surface area contributed by atoms with Crippen LogP contribution in [-0.2, 0) is 4.79 Å². The van der Waals surface area contributed by atoms with E-state index in [4.69, 9.17) is 0 Å². The van der Waals surface area contributed by atoms with Gasteiger partial charge in [0.1, 0.15) is 0 Å². The van der Waals surface area contributed by atoms with Gasteiger partial charge < -0.3 is 10.6 Å². The Morgan fingerprint density at radius 3 is 2.88 bits per heavy atom. The standard InChI is InChI=1S/C13H24N2O/c1-10-5-4-6-11(9-10)15-12-7-2-3-8-14-13(12)16/h10-12,15H,2-9H2,1H3,(H,14,16)/t10-,11+,12+/m1/s1. The fourth-order valence-corrected chi connectivity index (χ4v) is 2.97. The van der Waals surface area contributed by atoms with Gasteiger partial charge in [0.05, 0.1) is 6.04 Å². The van der Waals surface area contributed by atoms with Gasteiger partial charge in [0, 0.05) is 12.6 Å². The predicted octanol–water partition coefficient (Wildman–Crippen LogP) is 1.82. The molecule has 92 valence electrons. The van der Waals surface area contributed by atoms with Crippen molar-refractivity contribution < 1.29 is 4.79 Å². The van der Waals surface area contributed by atoms with Crippen LogP contribution >= 0.6 is 0 Å². The van der Waals surface area contributed by atoms with Crippen LogP contribution in [0.1, 0.15) is 51.9 Å². The average Bonchev–Trinajstić information content (AvgIpc) is 2.45. The molecule has 2 rings (SSSR count). The zero-order valence-electron chi connectivity index (χ0n) is 10.3. The molecule has 0 bridgehead atoms. The first kappa shape index (κ1) is 11.9. The van der Waals surface area contributed by atoms with Crippen LogP contribution in [0.25, 0.3) is 0 Å². The third-order valence-corrected chi connectivity index (χ3v) is 3.91. The minimum atomic E-state index is 0.0674. The monoisotopic (exact) mass is 224 g/mol. The maximum atomic E-state index is 11.8. The molecule has 1 amide bonds. The van der Waals surface area contributed by atoms with E-state index < -0.39 is 0 Å². The van der Waals surface area contributed by atoms with Crippen LogP contribution in [0.2, 0.25) is 0 Å². The Balaban J connectivity index is 1.84. The Bertz CT molecular complexity index is 242. The van der Waals surface area contributed by atoms with E-state index in [1.807, 2.05) is 0 Å². The summed E-state index contributed by atoms with van der Waals surface area (Å²) in [5.41, 5.74) is 0. The fraction of sp³-hybridized carbons (Fsp3) is 0.923. The van der Waals surface area contributed by atoms with E-state index in [9.17, 15) is 4.79 Å². The van der Waals surface area contributed by atoms with E-state index in [-0.39, 0.29) is 11.9 Å². The second kappa shape index (κ2) is 5.67. The van der Waals surface area contributed by atoms with E-state index in [1.165, 1.54) is 32.1 Å². The summed E-state index contributed by atoms with van der Waals surface area (Å²) in [5.74, 6) is 1.04. The van der Waals surface area contributed by atoms with Crippen LogP contribution in [0.3, 0.4) is 0 Å². The second-order valence-corrected chi connectivity index (χ2v) is 5.47. The van der Waals surface area contributed by atoms with Crippen LogP contribution in [0.5, 0.6) is 0 Å². The highest BCUT2D eigenvalue weighted by molar-refractivity contribution is 5.81. The van der Waals surface area contributed by atoms with E-state index in [0.717, 1.165) is 25.3 Å². The van der Waals surface area contributed by atoms with Crippen molar-refractivity contribution in [1.82, 2.24) is 10.6 Å². The van der Waals surface area contributed by atoms with Gasteiger partial charge in [0.15, 0.2) is 0 Å². The summed E-state index contributed by atoms with van der Waals surface area (Å²) in [6.45, 7) is 3.18. The minimum Gasteiger partial charge on any atom is -0.355 e. The lowest BCUT2D eigenvalue weighted by atomic mass is 9.86. The van der Waals surface area contributed by atoms with E-state index in [0.29, 0.717) is 6.04 Å². The van der Waals surface area contributed by atoms with Crippen molar-refractivity contribution in [2.45, 2.75) is 64.0 Å². The maximum absolute atomic E-state index is 11.8. The number of carbonyl (C=O) groups excluding carboxylic acids is 1. The summed E-state index contributed by atoms with van der Waals surface area (Å²) in [6, 6.07) is 0.635. The molecule has 2 fully saturated rings. The Morgan fingerprint density at radius 1 is 1.19 bits per heavy atom. The van der Waals surface area contributed by atoms with Crippen LogP contribution in [0.4, 0.5) is 0 Å². The summed E-state index contributed by atoms with van der Waals surface area (Å²) < 4.78 is 0. The largest absolute Gasteiger partial charge is 0.355 e. The van der Waals surface area contributed by atoms with E-state index in [1.54, 1.807) is 0 Å². The second-order valence-electron chi connectivity index (χ2n) is 5.47. The van der Waals surface area contributed by atoms with Gasteiger partial charge in [-0.2, -0.15) is 0 Å². The lowest BCUT2D eigenvalue weighted by Gasteiger charge is -2.30. The first-order chi connectivity index (χ1) is 7.75. The van der Waals surface area contributed by atoms with Crippen LogP contribution in [-0.4, -0.2) is 24.5 Å². The fourth-order valence-electron chi connectivity index (χ4n) is 2.97. The number of hydrogen-bond donors (Lipinski definition) is 2. The Labute approximate surface area is 98.4 Å². The molecule has 3 nitrogen and oxygen atoms in total. The molecule has 16 heavy (non-hydrogen) atoms. The molecule has 2 N–H and O–H groups in total. The van der Waals surface area contributed by atoms with Crippen LogP contribution in [0.15, 0.2) is 0 Å². The first-order valence-electron chi connectivity index (χ1n) is 6.79. The predicted molar refractivity (Wildman–Crippen MR) is 65.2 cm³/mol. The Morgan fingerprint density at radius 2 is 2.06 bits per heavy atom. The zero-order valence-corrected chi connectivity index (χ0v) is 10.3. The SMILES string of the molecule is C[C@@H]1CCC[C@H](N[C@H]2CCCCNC2=O)C1. The molecule has 0 spiro atoms. The Hall–Kier alpha value is -0.570. The molecule has 1 heterocycles. The van der Waals surface area contributed by atoms with Gasteiger partial charge in [-0.1, -0.05) is 19.8 Å². The molecular weight excluding hydrogens is 200 g/mol. The van der Waals surface area contributed by atoms with Crippen molar-refractivity contribution >= 4 is 5.91 Å². The van der Waals surface area contributed by atoms with Gasteiger partial charge in [0.2, 0.25) is 5.91 Å². The third-order valence-electron chi connectivity index (χ3n) is 3.91. The number of amides is 1. The summed E-state index contributed by atoms with van der Waals surface area (Å²) in [5, 5.41) is 6.56. The smallest absolute Gasteiger partial charge is 0.237 e. The van der Waals surface area contributed by atoms with Crippen molar-refractivity contribution in [3.8, 4) is 0 Å². The van der Waals surface area contributed by atoms with Gasteiger partial charge >= 0.3 is 0 Å². The lowest BCUT2D eigenvalue weighted by molar-refractivity contribution is -0.123. The molecule has 3 heteroatoms. The highest BCUT2D eigenvalue weighted by atomic mass is 16.2. The molecule has 3 atom stereocenters. The van der Waals surface area contributed by atoms with Crippen molar-refractivity contribution in [1.29, 1.82) is 0 Å². The molecule has 0 aromatic carbocycles. The normalized spacial score (nSPS) is 36.6. The third kappa shape index (κ3) is 3.21. The van der Waals surface area contributed by atoms with Crippen LogP contribution < -0.4 is 10.6 Å². The number of carbonyl (C=O) groups is 1. The van der Waals surface area contributed by atoms with Gasteiger partial charge in [-0.05, 0) is 38.0 Å². The van der Waals surface area contributed by atoms with Gasteiger partial charge in [-0.15, -0.1) is 0 Å². The van der Waals surface area contributed by atoms with E-state index >= 15 is 0 Å². The molecule has 1 saturated carbocycles. The molecule has 1 saturated heterocycles. The quantitative estimate of drug-likeness (QED) is 0.751. The van der Waals surface area contributed by atoms with Crippen molar-refractivity contribution in [2.75, 3.05) is 6.54 Å². The first-order valence-corrected chi connectivity index (χ1v) is 6.79. The summed E-state index contributed by atoms with van der Waals surface area (Å²) in [6.07, 6.45) is 8.46. The van der Waals surface area contributed by atoms with E-state index in [2.05, 4.69) is 17.6 Å². The summed E-state index contributed by atoms with van der Waals surface area (Å²) in [4.78, 5) is 11.8. The minimum absolute atomic E-state index is 0.0674. The molecular formula is C13H24N2O. The molecule has 0 aromatic rings. The summed E-state index contributed by atoms with van der Waals surface area (Å²) >= 11 is 0. The van der Waals surface area contributed by atoms with Gasteiger partial charge in [0.25, 0.3) is 0 Å². The molecule has 1 aliphatic heterocycles. The molecule has 2 aliphatic rings. The molecule has 0 aromatic heterocycles. The number of hydrogen-bond acceptors (Lipinski definition) is 2. The molecule has 0 radical (unpaired) electrons. The van der Waals surface area contributed by atoms with Crippen LogP contribution in [0, 0.1) is 5.92 Å². The highest BCUT2D eigenvalue weighted by Gasteiger charge is 2.26. The molecule has 1 aliphatic carbocycles.